The van der Waals surface area contributed by atoms with E-state index in [0.717, 1.165) is 28.1 Å². The van der Waals surface area contributed by atoms with E-state index >= 15 is 0 Å². The summed E-state index contributed by atoms with van der Waals surface area (Å²) in [5, 5.41) is 9.39. The minimum atomic E-state index is -0.0993. The largest absolute Gasteiger partial charge is 0.269 e. The predicted molar refractivity (Wildman–Crippen MR) is 126 cm³/mol. The Balaban J connectivity index is 1.49. The summed E-state index contributed by atoms with van der Waals surface area (Å²) in [7, 11) is 0. The number of fused-ring (bicyclic) bond motifs is 1. The van der Waals surface area contributed by atoms with Crippen LogP contribution < -0.4 is 5.56 Å². The van der Waals surface area contributed by atoms with Gasteiger partial charge in [0.2, 0.25) is 5.16 Å². The van der Waals surface area contributed by atoms with Gasteiger partial charge in [0.05, 0.1) is 5.69 Å². The number of nitrogens with zero attached hydrogens (tertiary/aromatic N) is 5. The van der Waals surface area contributed by atoms with E-state index in [9.17, 15) is 4.79 Å². The summed E-state index contributed by atoms with van der Waals surface area (Å²) in [6.07, 6.45) is 1.73. The number of rotatable bonds is 5. The molecule has 0 aliphatic heterocycles. The van der Waals surface area contributed by atoms with Gasteiger partial charge in [0.25, 0.3) is 5.56 Å². The Labute approximate surface area is 189 Å². The monoisotopic (exact) mass is 437 g/mol. The quantitative estimate of drug-likeness (QED) is 0.367. The van der Waals surface area contributed by atoms with Gasteiger partial charge in [-0.25, -0.2) is 9.97 Å². The topological polar surface area (TPSA) is 73.0 Å². The van der Waals surface area contributed by atoms with Crippen molar-refractivity contribution < 1.29 is 0 Å². The molecular weight excluding hydrogens is 418 g/mol. The molecule has 0 fully saturated rings. The van der Waals surface area contributed by atoms with E-state index in [-0.39, 0.29) is 5.56 Å². The first kappa shape index (κ1) is 20.1. The zero-order valence-corrected chi connectivity index (χ0v) is 18.2. The van der Waals surface area contributed by atoms with Crippen LogP contribution >= 0.6 is 11.8 Å². The van der Waals surface area contributed by atoms with Crippen molar-refractivity contribution in [3.63, 3.8) is 0 Å². The molecule has 5 rings (SSSR count). The number of aryl methyl sites for hydroxylation is 1. The fraction of sp³-hybridized carbons (Fsp3) is 0.0800. The van der Waals surface area contributed by atoms with Gasteiger partial charge in [0.1, 0.15) is 17.0 Å². The molecule has 32 heavy (non-hydrogen) atoms. The standard InChI is InChI=1S/C25H19N5OS/c1-17-9-8-14-30-21(31)15-20(26-24(17)30)16-32-25-27-22(18-10-4-2-5-11-18)23(28-29-25)19-12-6-3-7-13-19/h2-15H,16H2,1H3. The molecule has 7 heteroatoms. The molecule has 0 saturated carbocycles. The third-order valence-electron chi connectivity index (χ3n) is 5.05. The predicted octanol–water partition coefficient (Wildman–Crippen LogP) is 4.81. The van der Waals surface area contributed by atoms with Crippen LogP contribution in [0, 0.1) is 6.92 Å². The molecule has 156 valence electrons. The van der Waals surface area contributed by atoms with E-state index in [1.807, 2.05) is 79.7 Å². The van der Waals surface area contributed by atoms with Crippen LogP contribution in [0.4, 0.5) is 0 Å². The van der Waals surface area contributed by atoms with Crippen molar-refractivity contribution in [2.75, 3.05) is 0 Å². The number of hydrogen-bond donors (Lipinski definition) is 0. The van der Waals surface area contributed by atoms with E-state index < -0.39 is 0 Å². The summed E-state index contributed by atoms with van der Waals surface area (Å²) >= 11 is 1.41. The molecule has 5 aromatic rings. The van der Waals surface area contributed by atoms with Crippen molar-refractivity contribution in [2.45, 2.75) is 17.8 Å². The van der Waals surface area contributed by atoms with Crippen molar-refractivity contribution in [2.24, 2.45) is 0 Å². The lowest BCUT2D eigenvalue weighted by Crippen LogP contribution is -2.15. The third kappa shape index (κ3) is 4.02. The molecule has 0 aliphatic rings. The molecule has 0 aliphatic carbocycles. The number of aromatic nitrogens is 5. The lowest BCUT2D eigenvalue weighted by molar-refractivity contribution is 0.849. The second-order valence-corrected chi connectivity index (χ2v) is 8.23. The van der Waals surface area contributed by atoms with Gasteiger partial charge in [-0.05, 0) is 18.6 Å². The van der Waals surface area contributed by atoms with Crippen LogP contribution in [0.1, 0.15) is 11.3 Å². The lowest BCUT2D eigenvalue weighted by Gasteiger charge is -2.09. The Hall–Kier alpha value is -3.84. The van der Waals surface area contributed by atoms with Crippen LogP contribution in [0.25, 0.3) is 28.2 Å². The molecule has 3 heterocycles. The molecule has 0 atom stereocenters. The molecule has 3 aromatic heterocycles. The van der Waals surface area contributed by atoms with Gasteiger partial charge < -0.3 is 0 Å². The van der Waals surface area contributed by atoms with E-state index in [1.54, 1.807) is 16.7 Å². The summed E-state index contributed by atoms with van der Waals surface area (Å²) in [5.41, 5.74) is 5.65. The maximum Gasteiger partial charge on any atom is 0.258 e. The van der Waals surface area contributed by atoms with Crippen molar-refractivity contribution >= 4 is 17.4 Å². The van der Waals surface area contributed by atoms with Crippen molar-refractivity contribution in [1.29, 1.82) is 0 Å². The van der Waals surface area contributed by atoms with Crippen LogP contribution in [-0.4, -0.2) is 24.6 Å². The molecule has 0 amide bonds. The normalized spacial score (nSPS) is 11.0. The van der Waals surface area contributed by atoms with Gasteiger partial charge in [0, 0.05) is 29.1 Å². The zero-order valence-electron chi connectivity index (χ0n) is 17.3. The van der Waals surface area contributed by atoms with Crippen LogP contribution in [0.3, 0.4) is 0 Å². The first-order valence-corrected chi connectivity index (χ1v) is 11.1. The van der Waals surface area contributed by atoms with Gasteiger partial charge in [0.15, 0.2) is 0 Å². The van der Waals surface area contributed by atoms with Gasteiger partial charge in [-0.3, -0.25) is 9.20 Å². The Morgan fingerprint density at radius 1 is 0.812 bits per heavy atom. The molecule has 0 unspecified atom stereocenters. The maximum atomic E-state index is 12.5. The maximum absolute atomic E-state index is 12.5. The highest BCUT2D eigenvalue weighted by Crippen LogP contribution is 2.30. The van der Waals surface area contributed by atoms with Crippen molar-refractivity contribution in [3.8, 4) is 22.5 Å². The summed E-state index contributed by atoms with van der Waals surface area (Å²) in [4.78, 5) is 22.0. The van der Waals surface area contributed by atoms with Crippen molar-refractivity contribution in [3.05, 3.63) is 107 Å². The minimum Gasteiger partial charge on any atom is -0.269 e. The number of benzene rings is 2. The molecule has 0 radical (unpaired) electrons. The van der Waals surface area contributed by atoms with Gasteiger partial charge in [-0.15, -0.1) is 10.2 Å². The Kier molecular flexibility index (Phi) is 5.47. The lowest BCUT2D eigenvalue weighted by atomic mass is 10.0. The van der Waals surface area contributed by atoms with Gasteiger partial charge in [-0.2, -0.15) is 0 Å². The molecule has 0 N–H and O–H groups in total. The molecule has 0 saturated heterocycles. The average Bonchev–Trinajstić information content (AvgIpc) is 2.84. The fourth-order valence-electron chi connectivity index (χ4n) is 3.48. The van der Waals surface area contributed by atoms with Crippen molar-refractivity contribution in [1.82, 2.24) is 24.6 Å². The van der Waals surface area contributed by atoms with Crippen LogP contribution in [0.15, 0.2) is 95.0 Å². The summed E-state index contributed by atoms with van der Waals surface area (Å²) in [6.45, 7) is 1.94. The number of hydrogen-bond acceptors (Lipinski definition) is 6. The zero-order chi connectivity index (χ0) is 21.9. The third-order valence-corrected chi connectivity index (χ3v) is 5.92. The van der Waals surface area contributed by atoms with E-state index in [2.05, 4.69) is 15.2 Å². The summed E-state index contributed by atoms with van der Waals surface area (Å²) in [5.74, 6) is 0.473. The van der Waals surface area contributed by atoms with Crippen LogP contribution in [0.2, 0.25) is 0 Å². The molecule has 0 spiro atoms. The van der Waals surface area contributed by atoms with Crippen LogP contribution in [0.5, 0.6) is 0 Å². The first-order chi connectivity index (χ1) is 15.7. The van der Waals surface area contributed by atoms with Gasteiger partial charge >= 0.3 is 0 Å². The summed E-state index contributed by atoms with van der Waals surface area (Å²) in [6, 6.07) is 25.2. The fourth-order valence-corrected chi connectivity index (χ4v) is 4.16. The molecule has 6 nitrogen and oxygen atoms in total. The van der Waals surface area contributed by atoms with E-state index in [0.29, 0.717) is 22.3 Å². The Morgan fingerprint density at radius 2 is 1.50 bits per heavy atom. The van der Waals surface area contributed by atoms with E-state index in [4.69, 9.17) is 4.98 Å². The molecule has 0 bridgehead atoms. The second kappa shape index (κ2) is 8.72. The number of pyridine rings is 1. The Bertz CT molecular complexity index is 1450. The first-order valence-electron chi connectivity index (χ1n) is 10.2. The minimum absolute atomic E-state index is 0.0993. The van der Waals surface area contributed by atoms with Gasteiger partial charge in [-0.1, -0.05) is 78.5 Å². The SMILES string of the molecule is Cc1cccn2c(=O)cc(CSc3nnc(-c4ccccc4)c(-c4ccccc4)n3)nc12. The smallest absolute Gasteiger partial charge is 0.258 e. The highest BCUT2D eigenvalue weighted by Gasteiger charge is 2.14. The average molecular weight is 438 g/mol. The Morgan fingerprint density at radius 3 is 2.22 bits per heavy atom. The van der Waals surface area contributed by atoms with E-state index in [1.165, 1.54) is 11.8 Å². The second-order valence-electron chi connectivity index (χ2n) is 7.28. The highest BCUT2D eigenvalue weighted by molar-refractivity contribution is 7.98. The van der Waals surface area contributed by atoms with Crippen LogP contribution in [-0.2, 0) is 5.75 Å². The molecule has 2 aromatic carbocycles. The molecular formula is C25H19N5OS. The number of thioether (sulfide) groups is 1. The highest BCUT2D eigenvalue weighted by atomic mass is 32.2. The summed E-state index contributed by atoms with van der Waals surface area (Å²) < 4.78 is 1.56.